The van der Waals surface area contributed by atoms with Crippen LogP contribution in [0.4, 0.5) is 4.39 Å². The van der Waals surface area contributed by atoms with Crippen LogP contribution in [0.2, 0.25) is 0 Å². The van der Waals surface area contributed by atoms with Crippen molar-refractivity contribution in [1.29, 1.82) is 0 Å². The van der Waals surface area contributed by atoms with Crippen molar-refractivity contribution in [2.45, 2.75) is 33.9 Å². The Balaban J connectivity index is 2.04. The molecule has 1 heterocycles. The van der Waals surface area contributed by atoms with Crippen LogP contribution < -0.4 is 5.32 Å². The topological polar surface area (TPSA) is 17.0 Å². The van der Waals surface area contributed by atoms with Gasteiger partial charge in [0.2, 0.25) is 0 Å². The van der Waals surface area contributed by atoms with E-state index in [9.17, 15) is 4.39 Å². The molecule has 0 fully saturated rings. The molecule has 0 bridgehead atoms. The van der Waals surface area contributed by atoms with Crippen LogP contribution in [-0.4, -0.2) is 11.1 Å². The smallest absolute Gasteiger partial charge is 0.123 e. The van der Waals surface area contributed by atoms with Crippen LogP contribution in [0, 0.1) is 18.7 Å². The highest BCUT2D eigenvalue weighted by Gasteiger charge is 2.05. The van der Waals surface area contributed by atoms with Crippen molar-refractivity contribution in [2.24, 2.45) is 5.92 Å². The molecule has 108 valence electrons. The van der Waals surface area contributed by atoms with Crippen molar-refractivity contribution in [2.75, 3.05) is 6.54 Å². The van der Waals surface area contributed by atoms with Crippen molar-refractivity contribution in [3.8, 4) is 0 Å². The van der Waals surface area contributed by atoms with Crippen molar-refractivity contribution in [1.82, 2.24) is 9.88 Å². The Hall–Kier alpha value is -1.61. The summed E-state index contributed by atoms with van der Waals surface area (Å²) in [6.07, 6.45) is 2.08. The summed E-state index contributed by atoms with van der Waals surface area (Å²) in [7, 11) is 0. The molecule has 0 spiro atoms. The molecule has 1 aromatic heterocycles. The second kappa shape index (κ2) is 6.71. The van der Waals surface area contributed by atoms with E-state index in [4.69, 9.17) is 0 Å². The zero-order chi connectivity index (χ0) is 14.5. The summed E-state index contributed by atoms with van der Waals surface area (Å²) in [6, 6.07) is 9.19. The maximum atomic E-state index is 13.1. The van der Waals surface area contributed by atoms with E-state index in [1.165, 1.54) is 11.8 Å². The monoisotopic (exact) mass is 274 g/mol. The van der Waals surface area contributed by atoms with Crippen LogP contribution in [0.15, 0.2) is 36.5 Å². The Labute approximate surface area is 120 Å². The van der Waals surface area contributed by atoms with Crippen LogP contribution in [0.5, 0.6) is 0 Å². The van der Waals surface area contributed by atoms with Gasteiger partial charge in [0, 0.05) is 25.0 Å². The average Bonchev–Trinajstić information content (AvgIpc) is 2.80. The quantitative estimate of drug-likeness (QED) is 0.849. The number of nitrogens with one attached hydrogen (secondary N) is 1. The minimum atomic E-state index is -0.169. The molecule has 2 nitrogen and oxygen atoms in total. The molecule has 0 aliphatic rings. The maximum Gasteiger partial charge on any atom is 0.123 e. The molecule has 20 heavy (non-hydrogen) atoms. The molecule has 1 N–H and O–H groups in total. The van der Waals surface area contributed by atoms with E-state index in [0.29, 0.717) is 5.92 Å². The largest absolute Gasteiger partial charge is 0.346 e. The van der Waals surface area contributed by atoms with E-state index in [1.54, 1.807) is 6.07 Å². The second-order valence-corrected chi connectivity index (χ2v) is 5.72. The van der Waals surface area contributed by atoms with Gasteiger partial charge in [0.15, 0.2) is 0 Å². The van der Waals surface area contributed by atoms with E-state index in [1.807, 2.05) is 13.0 Å². The number of hydrogen-bond acceptors (Lipinski definition) is 1. The van der Waals surface area contributed by atoms with Crippen LogP contribution in [0.3, 0.4) is 0 Å². The number of halogens is 1. The summed E-state index contributed by atoms with van der Waals surface area (Å²) in [6.45, 7) is 9.03. The molecular formula is C17H23FN2. The molecule has 0 amide bonds. The van der Waals surface area contributed by atoms with E-state index in [0.717, 1.165) is 30.8 Å². The average molecular weight is 274 g/mol. The number of rotatable bonds is 6. The van der Waals surface area contributed by atoms with Gasteiger partial charge >= 0.3 is 0 Å². The molecule has 2 rings (SSSR count). The van der Waals surface area contributed by atoms with Gasteiger partial charge in [-0.1, -0.05) is 19.9 Å². The Morgan fingerprint density at radius 1 is 1.25 bits per heavy atom. The third-order valence-electron chi connectivity index (χ3n) is 3.43. The SMILES string of the molecule is Cc1cc(F)ccc1Cn1cccc1CNCC(C)C. The summed E-state index contributed by atoms with van der Waals surface area (Å²) < 4.78 is 15.3. The summed E-state index contributed by atoms with van der Waals surface area (Å²) in [5.74, 6) is 0.482. The van der Waals surface area contributed by atoms with Gasteiger partial charge in [-0.3, -0.25) is 0 Å². The molecule has 1 aromatic carbocycles. The lowest BCUT2D eigenvalue weighted by molar-refractivity contribution is 0.539. The Kier molecular flexibility index (Phi) is 4.96. The second-order valence-electron chi connectivity index (χ2n) is 5.72. The summed E-state index contributed by atoms with van der Waals surface area (Å²) in [5.41, 5.74) is 3.42. The first-order chi connectivity index (χ1) is 9.56. The van der Waals surface area contributed by atoms with Gasteiger partial charge in [0.05, 0.1) is 0 Å². The highest BCUT2D eigenvalue weighted by Crippen LogP contribution is 2.13. The molecule has 0 saturated carbocycles. The zero-order valence-corrected chi connectivity index (χ0v) is 12.5. The number of aromatic nitrogens is 1. The van der Waals surface area contributed by atoms with Crippen molar-refractivity contribution in [3.05, 3.63) is 59.2 Å². The zero-order valence-electron chi connectivity index (χ0n) is 12.5. The van der Waals surface area contributed by atoms with Gasteiger partial charge in [0.1, 0.15) is 5.82 Å². The highest BCUT2D eigenvalue weighted by molar-refractivity contribution is 5.27. The standard InChI is InChI=1S/C17H23FN2/c1-13(2)10-19-11-17-5-4-8-20(17)12-15-6-7-16(18)9-14(15)3/h4-9,13,19H,10-12H2,1-3H3. The van der Waals surface area contributed by atoms with Crippen molar-refractivity contribution in [3.63, 3.8) is 0 Å². The normalized spacial score (nSPS) is 11.2. The number of hydrogen-bond donors (Lipinski definition) is 1. The number of nitrogens with zero attached hydrogens (tertiary/aromatic N) is 1. The first-order valence-corrected chi connectivity index (χ1v) is 7.16. The van der Waals surface area contributed by atoms with Crippen LogP contribution in [-0.2, 0) is 13.1 Å². The number of benzene rings is 1. The van der Waals surface area contributed by atoms with Gasteiger partial charge in [-0.05, 0) is 54.8 Å². The van der Waals surface area contributed by atoms with E-state index in [-0.39, 0.29) is 5.82 Å². The van der Waals surface area contributed by atoms with E-state index in [2.05, 4.69) is 42.1 Å². The van der Waals surface area contributed by atoms with Crippen molar-refractivity contribution >= 4 is 0 Å². The first-order valence-electron chi connectivity index (χ1n) is 7.16. The fraction of sp³-hybridized carbons (Fsp3) is 0.412. The minimum absolute atomic E-state index is 0.169. The van der Waals surface area contributed by atoms with Gasteiger partial charge in [-0.15, -0.1) is 0 Å². The maximum absolute atomic E-state index is 13.1. The Bertz CT molecular complexity index is 558. The van der Waals surface area contributed by atoms with Gasteiger partial charge < -0.3 is 9.88 Å². The lowest BCUT2D eigenvalue weighted by Crippen LogP contribution is -2.21. The van der Waals surface area contributed by atoms with Gasteiger partial charge in [0.25, 0.3) is 0 Å². The van der Waals surface area contributed by atoms with Crippen LogP contribution in [0.1, 0.15) is 30.7 Å². The molecule has 0 saturated heterocycles. The fourth-order valence-electron chi connectivity index (χ4n) is 2.27. The molecule has 0 atom stereocenters. The predicted molar refractivity (Wildman–Crippen MR) is 81.2 cm³/mol. The minimum Gasteiger partial charge on any atom is -0.346 e. The molecule has 0 radical (unpaired) electrons. The molecule has 0 aliphatic heterocycles. The fourth-order valence-corrected chi connectivity index (χ4v) is 2.27. The molecule has 3 heteroatoms. The van der Waals surface area contributed by atoms with Gasteiger partial charge in [-0.25, -0.2) is 4.39 Å². The lowest BCUT2D eigenvalue weighted by Gasteiger charge is -2.13. The highest BCUT2D eigenvalue weighted by atomic mass is 19.1. The van der Waals surface area contributed by atoms with Crippen LogP contribution >= 0.6 is 0 Å². The lowest BCUT2D eigenvalue weighted by atomic mass is 10.1. The van der Waals surface area contributed by atoms with Crippen molar-refractivity contribution < 1.29 is 4.39 Å². The third-order valence-corrected chi connectivity index (χ3v) is 3.43. The predicted octanol–water partition coefficient (Wildman–Crippen LogP) is 3.73. The molecule has 0 aliphatic carbocycles. The van der Waals surface area contributed by atoms with Gasteiger partial charge in [-0.2, -0.15) is 0 Å². The molecule has 2 aromatic rings. The third kappa shape index (κ3) is 3.94. The summed E-state index contributed by atoms with van der Waals surface area (Å²) in [5, 5.41) is 3.46. The first kappa shape index (κ1) is 14.8. The molecule has 0 unspecified atom stereocenters. The summed E-state index contributed by atoms with van der Waals surface area (Å²) >= 11 is 0. The van der Waals surface area contributed by atoms with Crippen LogP contribution in [0.25, 0.3) is 0 Å². The van der Waals surface area contributed by atoms with E-state index < -0.39 is 0 Å². The molecular weight excluding hydrogens is 251 g/mol. The number of aryl methyl sites for hydroxylation is 1. The summed E-state index contributed by atoms with van der Waals surface area (Å²) in [4.78, 5) is 0. The Morgan fingerprint density at radius 2 is 2.05 bits per heavy atom. The Morgan fingerprint density at radius 3 is 2.75 bits per heavy atom. The van der Waals surface area contributed by atoms with E-state index >= 15 is 0 Å².